The standard InChI is InChI=1S/C12H10BrN3O3/c13-8-4-1-2-6-10(8)19-11-7-3-5-9(15-14)12(11)16(17)18/h1-7,15H,14H2. The highest BCUT2D eigenvalue weighted by Gasteiger charge is 2.21. The number of hydrogen-bond donors (Lipinski definition) is 2. The number of ether oxygens (including phenoxy) is 1. The number of nitro groups is 1. The molecule has 0 bridgehead atoms. The number of nitro benzene ring substituents is 1. The molecule has 6 nitrogen and oxygen atoms in total. The van der Waals surface area contributed by atoms with Crippen molar-refractivity contribution in [2.24, 2.45) is 5.84 Å². The second kappa shape index (κ2) is 5.68. The van der Waals surface area contributed by atoms with Crippen LogP contribution in [0.4, 0.5) is 11.4 Å². The van der Waals surface area contributed by atoms with Crippen LogP contribution in [-0.2, 0) is 0 Å². The molecule has 0 amide bonds. The average Bonchev–Trinajstić information content (AvgIpc) is 2.40. The number of para-hydroxylation sites is 2. The molecule has 0 spiro atoms. The van der Waals surface area contributed by atoms with Crippen LogP contribution >= 0.6 is 15.9 Å². The summed E-state index contributed by atoms with van der Waals surface area (Å²) in [5, 5.41) is 11.1. The van der Waals surface area contributed by atoms with E-state index in [1.165, 1.54) is 12.1 Å². The lowest BCUT2D eigenvalue weighted by Gasteiger charge is -2.10. The van der Waals surface area contributed by atoms with Crippen molar-refractivity contribution in [1.29, 1.82) is 0 Å². The maximum absolute atomic E-state index is 11.1. The summed E-state index contributed by atoms with van der Waals surface area (Å²) in [6.07, 6.45) is 0. The molecule has 0 fully saturated rings. The summed E-state index contributed by atoms with van der Waals surface area (Å²) in [6, 6.07) is 11.7. The summed E-state index contributed by atoms with van der Waals surface area (Å²) in [7, 11) is 0. The molecule has 0 heterocycles. The smallest absolute Gasteiger partial charge is 0.335 e. The van der Waals surface area contributed by atoms with Crippen LogP contribution < -0.4 is 16.0 Å². The molecule has 19 heavy (non-hydrogen) atoms. The molecule has 0 saturated heterocycles. The molecule has 2 aromatic rings. The van der Waals surface area contributed by atoms with Crippen LogP contribution in [0.25, 0.3) is 0 Å². The van der Waals surface area contributed by atoms with Gasteiger partial charge >= 0.3 is 5.69 Å². The van der Waals surface area contributed by atoms with Crippen molar-refractivity contribution in [2.45, 2.75) is 0 Å². The lowest BCUT2D eigenvalue weighted by atomic mass is 10.2. The number of hydrazine groups is 1. The molecule has 0 aliphatic heterocycles. The molecule has 0 aromatic heterocycles. The summed E-state index contributed by atoms with van der Waals surface area (Å²) in [6.45, 7) is 0. The van der Waals surface area contributed by atoms with Crippen molar-refractivity contribution in [3.8, 4) is 11.5 Å². The first-order valence-electron chi connectivity index (χ1n) is 5.30. The molecule has 2 rings (SSSR count). The van der Waals surface area contributed by atoms with E-state index in [0.717, 1.165) is 0 Å². The minimum absolute atomic E-state index is 0.118. The number of anilines is 1. The molecule has 0 radical (unpaired) electrons. The van der Waals surface area contributed by atoms with E-state index in [-0.39, 0.29) is 17.1 Å². The van der Waals surface area contributed by atoms with Crippen molar-refractivity contribution in [3.63, 3.8) is 0 Å². The number of rotatable bonds is 4. The third kappa shape index (κ3) is 2.83. The van der Waals surface area contributed by atoms with Crippen molar-refractivity contribution in [2.75, 3.05) is 5.43 Å². The summed E-state index contributed by atoms with van der Waals surface area (Å²) in [5.41, 5.74) is 2.27. The van der Waals surface area contributed by atoms with Gasteiger partial charge in [-0.05, 0) is 40.2 Å². The largest absolute Gasteiger partial charge is 0.449 e. The monoisotopic (exact) mass is 323 g/mol. The van der Waals surface area contributed by atoms with E-state index in [1.54, 1.807) is 24.3 Å². The van der Waals surface area contributed by atoms with Gasteiger partial charge in [-0.15, -0.1) is 0 Å². The molecular weight excluding hydrogens is 314 g/mol. The van der Waals surface area contributed by atoms with Gasteiger partial charge in [-0.2, -0.15) is 0 Å². The third-order valence-corrected chi connectivity index (χ3v) is 3.05. The molecule has 0 atom stereocenters. The first-order chi connectivity index (χ1) is 9.13. The molecular formula is C12H10BrN3O3. The van der Waals surface area contributed by atoms with Gasteiger partial charge in [-0.25, -0.2) is 0 Å². The molecule has 0 aliphatic carbocycles. The van der Waals surface area contributed by atoms with Gasteiger partial charge in [0.15, 0.2) is 0 Å². The first-order valence-corrected chi connectivity index (χ1v) is 6.09. The first kappa shape index (κ1) is 13.3. The predicted octanol–water partition coefficient (Wildman–Crippen LogP) is 3.44. The van der Waals surface area contributed by atoms with Crippen molar-refractivity contribution < 1.29 is 9.66 Å². The maximum atomic E-state index is 11.1. The van der Waals surface area contributed by atoms with Gasteiger partial charge in [0.05, 0.1) is 9.40 Å². The highest BCUT2D eigenvalue weighted by atomic mass is 79.9. The Hall–Kier alpha value is -2.12. The Kier molecular flexibility index (Phi) is 3.98. The van der Waals surface area contributed by atoms with Crippen molar-refractivity contribution in [3.05, 3.63) is 57.1 Å². The molecule has 0 aliphatic rings. The number of nitrogens with zero attached hydrogens (tertiary/aromatic N) is 1. The van der Waals surface area contributed by atoms with Gasteiger partial charge in [-0.3, -0.25) is 16.0 Å². The minimum atomic E-state index is -0.540. The highest BCUT2D eigenvalue weighted by Crippen LogP contribution is 2.38. The minimum Gasteiger partial charge on any atom is -0.449 e. The van der Waals surface area contributed by atoms with E-state index in [9.17, 15) is 10.1 Å². The van der Waals surface area contributed by atoms with Crippen LogP contribution in [-0.4, -0.2) is 4.92 Å². The number of halogens is 1. The quantitative estimate of drug-likeness (QED) is 0.511. The van der Waals surface area contributed by atoms with Crippen LogP contribution in [0.1, 0.15) is 0 Å². The Labute approximate surface area is 117 Å². The van der Waals surface area contributed by atoms with E-state index >= 15 is 0 Å². The van der Waals surface area contributed by atoms with Crippen LogP contribution in [0.3, 0.4) is 0 Å². The average molecular weight is 324 g/mol. The summed E-state index contributed by atoms with van der Waals surface area (Å²) in [4.78, 5) is 10.6. The van der Waals surface area contributed by atoms with Gasteiger partial charge in [-0.1, -0.05) is 18.2 Å². The summed E-state index contributed by atoms with van der Waals surface area (Å²) in [5.74, 6) is 5.87. The molecule has 0 saturated carbocycles. The van der Waals surface area contributed by atoms with Crippen molar-refractivity contribution in [1.82, 2.24) is 0 Å². The zero-order chi connectivity index (χ0) is 13.8. The van der Waals surface area contributed by atoms with Crippen LogP contribution in [0.2, 0.25) is 0 Å². The summed E-state index contributed by atoms with van der Waals surface area (Å²) < 4.78 is 6.26. The Morgan fingerprint density at radius 3 is 2.47 bits per heavy atom. The highest BCUT2D eigenvalue weighted by molar-refractivity contribution is 9.10. The second-order valence-electron chi connectivity index (χ2n) is 3.59. The topological polar surface area (TPSA) is 90.4 Å². The van der Waals surface area contributed by atoms with Crippen LogP contribution in [0, 0.1) is 10.1 Å². The van der Waals surface area contributed by atoms with E-state index in [1.807, 2.05) is 6.07 Å². The molecule has 98 valence electrons. The van der Waals surface area contributed by atoms with E-state index in [2.05, 4.69) is 21.4 Å². The van der Waals surface area contributed by atoms with Gasteiger partial charge in [0.2, 0.25) is 5.75 Å². The third-order valence-electron chi connectivity index (χ3n) is 2.39. The molecule has 0 unspecified atom stereocenters. The summed E-state index contributed by atoms with van der Waals surface area (Å²) >= 11 is 3.32. The van der Waals surface area contributed by atoms with E-state index < -0.39 is 4.92 Å². The van der Waals surface area contributed by atoms with Crippen LogP contribution in [0.15, 0.2) is 46.9 Å². The van der Waals surface area contributed by atoms with Crippen LogP contribution in [0.5, 0.6) is 11.5 Å². The Morgan fingerprint density at radius 1 is 1.16 bits per heavy atom. The number of benzene rings is 2. The second-order valence-corrected chi connectivity index (χ2v) is 4.44. The predicted molar refractivity (Wildman–Crippen MR) is 75.1 cm³/mol. The number of nitrogens with two attached hydrogens (primary N) is 1. The van der Waals surface area contributed by atoms with E-state index in [0.29, 0.717) is 10.2 Å². The van der Waals surface area contributed by atoms with E-state index in [4.69, 9.17) is 10.6 Å². The Morgan fingerprint density at radius 2 is 1.84 bits per heavy atom. The van der Waals surface area contributed by atoms with Gasteiger partial charge in [0.1, 0.15) is 11.4 Å². The Balaban J connectivity index is 2.46. The number of nitrogen functional groups attached to an aromatic ring is 1. The maximum Gasteiger partial charge on any atom is 0.335 e. The molecule has 3 N–H and O–H groups in total. The fraction of sp³-hybridized carbons (Fsp3) is 0. The fourth-order valence-corrected chi connectivity index (χ4v) is 1.92. The molecule has 7 heteroatoms. The zero-order valence-corrected chi connectivity index (χ0v) is 11.3. The normalized spacial score (nSPS) is 10.0. The molecule has 2 aromatic carbocycles. The van der Waals surface area contributed by atoms with Crippen molar-refractivity contribution >= 4 is 27.3 Å². The van der Waals surface area contributed by atoms with Gasteiger partial charge in [0.25, 0.3) is 0 Å². The SMILES string of the molecule is NNc1cccc(Oc2ccccc2Br)c1[N+](=O)[O-]. The number of nitrogens with one attached hydrogen (secondary N) is 1. The number of hydrogen-bond acceptors (Lipinski definition) is 5. The fourth-order valence-electron chi connectivity index (χ4n) is 1.56. The lowest BCUT2D eigenvalue weighted by molar-refractivity contribution is -0.384. The van der Waals surface area contributed by atoms with Gasteiger partial charge in [0, 0.05) is 0 Å². The Bertz CT molecular complexity index is 619. The lowest BCUT2D eigenvalue weighted by Crippen LogP contribution is -2.09. The zero-order valence-electron chi connectivity index (χ0n) is 9.67. The van der Waals surface area contributed by atoms with Gasteiger partial charge < -0.3 is 10.2 Å².